The predicted octanol–water partition coefficient (Wildman–Crippen LogP) is 3.47. The molecule has 0 amide bonds. The van der Waals surface area contributed by atoms with E-state index in [0.29, 0.717) is 24.9 Å². The molecule has 0 atom stereocenters. The summed E-state index contributed by atoms with van der Waals surface area (Å²) in [7, 11) is 1.70. The van der Waals surface area contributed by atoms with Crippen LogP contribution in [0, 0.1) is 0 Å². The lowest BCUT2D eigenvalue weighted by molar-refractivity contribution is 0.215. The van der Waals surface area contributed by atoms with E-state index < -0.39 is 0 Å². The van der Waals surface area contributed by atoms with Crippen molar-refractivity contribution >= 4 is 5.69 Å². The third kappa shape index (κ3) is 4.68. The first-order valence-electron chi connectivity index (χ1n) is 9.92. The summed E-state index contributed by atoms with van der Waals surface area (Å²) in [5, 5.41) is 4.13. The molecule has 1 aliphatic rings. The number of anilines is 1. The lowest BCUT2D eigenvalue weighted by Crippen LogP contribution is -2.46. The van der Waals surface area contributed by atoms with Gasteiger partial charge in [0.15, 0.2) is 0 Å². The van der Waals surface area contributed by atoms with Crippen LogP contribution in [-0.4, -0.2) is 54.9 Å². The van der Waals surface area contributed by atoms with Crippen LogP contribution in [-0.2, 0) is 6.54 Å². The number of nitrogens with zero attached hydrogens (tertiary/aromatic N) is 4. The summed E-state index contributed by atoms with van der Waals surface area (Å²) in [6.45, 7) is 7.07. The third-order valence-corrected chi connectivity index (χ3v) is 5.04. The third-order valence-electron chi connectivity index (χ3n) is 5.04. The summed E-state index contributed by atoms with van der Waals surface area (Å²) in [6, 6.07) is 16.0. The van der Waals surface area contributed by atoms with Gasteiger partial charge in [-0.1, -0.05) is 11.2 Å². The molecule has 152 valence electrons. The number of ether oxygens (including phenoxy) is 2. The zero-order valence-electron chi connectivity index (χ0n) is 16.9. The van der Waals surface area contributed by atoms with Crippen LogP contribution in [0.2, 0.25) is 0 Å². The van der Waals surface area contributed by atoms with Gasteiger partial charge in [0.05, 0.1) is 20.3 Å². The number of hydrogen-bond acceptors (Lipinski definition) is 7. The lowest BCUT2D eigenvalue weighted by atomic mass is 10.2. The molecule has 0 spiro atoms. The van der Waals surface area contributed by atoms with Crippen LogP contribution in [0.4, 0.5) is 5.69 Å². The molecule has 1 aliphatic heterocycles. The molecule has 29 heavy (non-hydrogen) atoms. The molecule has 3 aromatic rings. The SMILES string of the molecule is CCOc1ccc(-c2noc(CN3CCN(c4cccc(OC)c4)CC3)n2)cc1. The van der Waals surface area contributed by atoms with Crippen molar-refractivity contribution in [1.82, 2.24) is 15.0 Å². The van der Waals surface area contributed by atoms with Crippen LogP contribution in [0.25, 0.3) is 11.4 Å². The fourth-order valence-corrected chi connectivity index (χ4v) is 3.47. The summed E-state index contributed by atoms with van der Waals surface area (Å²) >= 11 is 0. The van der Waals surface area contributed by atoms with Gasteiger partial charge in [-0.15, -0.1) is 0 Å². The van der Waals surface area contributed by atoms with Crippen molar-refractivity contribution in [3.63, 3.8) is 0 Å². The molecule has 0 aliphatic carbocycles. The second-order valence-electron chi connectivity index (χ2n) is 6.93. The van der Waals surface area contributed by atoms with Gasteiger partial charge in [0.1, 0.15) is 11.5 Å². The molecule has 2 heterocycles. The summed E-state index contributed by atoms with van der Waals surface area (Å²) in [5.41, 5.74) is 2.12. The van der Waals surface area contributed by atoms with E-state index in [0.717, 1.165) is 43.2 Å². The minimum Gasteiger partial charge on any atom is -0.497 e. The number of hydrogen-bond donors (Lipinski definition) is 0. The quantitative estimate of drug-likeness (QED) is 0.608. The van der Waals surface area contributed by atoms with Crippen molar-refractivity contribution in [2.24, 2.45) is 0 Å². The Kier molecular flexibility index (Phi) is 5.95. The molecule has 0 saturated carbocycles. The van der Waals surface area contributed by atoms with Crippen LogP contribution < -0.4 is 14.4 Å². The first kappa shape index (κ1) is 19.3. The molecule has 1 aromatic heterocycles. The van der Waals surface area contributed by atoms with E-state index in [4.69, 9.17) is 14.0 Å². The molecular weight excluding hydrogens is 368 g/mol. The summed E-state index contributed by atoms with van der Waals surface area (Å²) < 4.78 is 16.3. The van der Waals surface area contributed by atoms with Crippen molar-refractivity contribution < 1.29 is 14.0 Å². The zero-order valence-corrected chi connectivity index (χ0v) is 16.9. The number of aromatic nitrogens is 2. The largest absolute Gasteiger partial charge is 0.497 e. The molecule has 7 nitrogen and oxygen atoms in total. The maximum Gasteiger partial charge on any atom is 0.241 e. The van der Waals surface area contributed by atoms with Gasteiger partial charge in [-0.3, -0.25) is 4.90 Å². The van der Waals surface area contributed by atoms with Crippen molar-refractivity contribution in [2.45, 2.75) is 13.5 Å². The standard InChI is InChI=1S/C22H26N4O3/c1-3-28-19-9-7-17(8-10-19)22-23-21(29-24-22)16-25-11-13-26(14-12-25)18-5-4-6-20(15-18)27-2/h4-10,15H,3,11-14,16H2,1-2H3. The average molecular weight is 394 g/mol. The van der Waals surface area contributed by atoms with Gasteiger partial charge in [-0.25, -0.2) is 0 Å². The van der Waals surface area contributed by atoms with Gasteiger partial charge in [0.25, 0.3) is 0 Å². The molecule has 0 radical (unpaired) electrons. The topological polar surface area (TPSA) is 63.9 Å². The molecule has 1 fully saturated rings. The number of benzene rings is 2. The summed E-state index contributed by atoms with van der Waals surface area (Å²) in [6.07, 6.45) is 0. The molecule has 0 bridgehead atoms. The van der Waals surface area contributed by atoms with E-state index in [1.807, 2.05) is 43.3 Å². The first-order valence-corrected chi connectivity index (χ1v) is 9.92. The van der Waals surface area contributed by atoms with E-state index in [9.17, 15) is 0 Å². The van der Waals surface area contributed by atoms with Gasteiger partial charge in [0, 0.05) is 43.5 Å². The van der Waals surface area contributed by atoms with Gasteiger partial charge >= 0.3 is 0 Å². The van der Waals surface area contributed by atoms with Crippen molar-refractivity contribution in [3.05, 3.63) is 54.4 Å². The Labute approximate surface area is 170 Å². The Balaban J connectivity index is 1.33. The molecule has 2 aromatic carbocycles. The maximum atomic E-state index is 5.48. The Hall–Kier alpha value is -3.06. The normalized spacial score (nSPS) is 14.8. The smallest absolute Gasteiger partial charge is 0.241 e. The fraction of sp³-hybridized carbons (Fsp3) is 0.364. The van der Waals surface area contributed by atoms with Gasteiger partial charge in [-0.2, -0.15) is 4.98 Å². The molecular formula is C22H26N4O3. The number of methoxy groups -OCH3 is 1. The van der Waals surface area contributed by atoms with Gasteiger partial charge in [0.2, 0.25) is 11.7 Å². The molecule has 1 saturated heterocycles. The highest BCUT2D eigenvalue weighted by Gasteiger charge is 2.20. The summed E-state index contributed by atoms with van der Waals surface area (Å²) in [5.74, 6) is 2.98. The number of piperazine rings is 1. The van der Waals surface area contributed by atoms with Crippen LogP contribution >= 0.6 is 0 Å². The predicted molar refractivity (Wildman–Crippen MR) is 111 cm³/mol. The van der Waals surface area contributed by atoms with Crippen molar-refractivity contribution in [1.29, 1.82) is 0 Å². The van der Waals surface area contributed by atoms with Crippen LogP contribution in [0.1, 0.15) is 12.8 Å². The minimum absolute atomic E-state index is 0.609. The number of rotatable bonds is 7. The van der Waals surface area contributed by atoms with Gasteiger partial charge < -0.3 is 18.9 Å². The highest BCUT2D eigenvalue weighted by molar-refractivity contribution is 5.55. The average Bonchev–Trinajstić information content (AvgIpc) is 3.23. The Bertz CT molecular complexity index is 918. The lowest BCUT2D eigenvalue weighted by Gasteiger charge is -2.35. The van der Waals surface area contributed by atoms with Crippen LogP contribution in [0.15, 0.2) is 53.1 Å². The van der Waals surface area contributed by atoms with Crippen molar-refractivity contribution in [3.8, 4) is 22.9 Å². The minimum atomic E-state index is 0.609. The monoisotopic (exact) mass is 394 g/mol. The Morgan fingerprint density at radius 1 is 1.00 bits per heavy atom. The van der Waals surface area contributed by atoms with E-state index in [1.54, 1.807) is 7.11 Å². The van der Waals surface area contributed by atoms with Gasteiger partial charge in [-0.05, 0) is 43.3 Å². The molecule has 0 N–H and O–H groups in total. The second kappa shape index (κ2) is 8.96. The van der Waals surface area contributed by atoms with E-state index in [1.165, 1.54) is 5.69 Å². The zero-order chi connectivity index (χ0) is 20.1. The summed E-state index contributed by atoms with van der Waals surface area (Å²) in [4.78, 5) is 9.27. The fourth-order valence-electron chi connectivity index (χ4n) is 3.47. The van der Waals surface area contributed by atoms with Crippen LogP contribution in [0.5, 0.6) is 11.5 Å². The van der Waals surface area contributed by atoms with Crippen molar-refractivity contribution in [2.75, 3.05) is 44.8 Å². The second-order valence-corrected chi connectivity index (χ2v) is 6.93. The molecule has 7 heteroatoms. The van der Waals surface area contributed by atoms with E-state index in [-0.39, 0.29) is 0 Å². The highest BCUT2D eigenvalue weighted by Crippen LogP contribution is 2.23. The Morgan fingerprint density at radius 2 is 1.79 bits per heavy atom. The maximum absolute atomic E-state index is 5.48. The molecule has 4 rings (SSSR count). The van der Waals surface area contributed by atoms with E-state index >= 15 is 0 Å². The van der Waals surface area contributed by atoms with E-state index in [2.05, 4.69) is 32.1 Å². The first-order chi connectivity index (χ1) is 14.2. The molecule has 0 unspecified atom stereocenters. The highest BCUT2D eigenvalue weighted by atomic mass is 16.5. The Morgan fingerprint density at radius 3 is 2.52 bits per heavy atom. The van der Waals surface area contributed by atoms with Crippen LogP contribution in [0.3, 0.4) is 0 Å².